The molecule has 1 aromatic heterocycles. The van der Waals surface area contributed by atoms with Crippen molar-refractivity contribution in [2.45, 2.75) is 33.0 Å². The second kappa shape index (κ2) is 9.91. The van der Waals surface area contributed by atoms with Crippen molar-refractivity contribution in [2.75, 3.05) is 23.3 Å². The summed E-state index contributed by atoms with van der Waals surface area (Å²) >= 11 is 0. The Balaban J connectivity index is 1.27. The van der Waals surface area contributed by atoms with Gasteiger partial charge < -0.3 is 19.4 Å². The van der Waals surface area contributed by atoms with Crippen molar-refractivity contribution in [3.8, 4) is 22.9 Å². The molecule has 7 nitrogen and oxygen atoms in total. The van der Waals surface area contributed by atoms with Gasteiger partial charge in [-0.3, -0.25) is 4.79 Å². The molecule has 3 aromatic carbocycles. The summed E-state index contributed by atoms with van der Waals surface area (Å²) < 4.78 is 26.5. The van der Waals surface area contributed by atoms with Gasteiger partial charge in [-0.05, 0) is 74.9 Å². The first-order valence-electron chi connectivity index (χ1n) is 11.9. The van der Waals surface area contributed by atoms with Gasteiger partial charge >= 0.3 is 0 Å². The lowest BCUT2D eigenvalue weighted by Crippen LogP contribution is -2.45. The van der Waals surface area contributed by atoms with Crippen LogP contribution >= 0.6 is 0 Å². The molecule has 0 spiro atoms. The maximum absolute atomic E-state index is 14.9. The Morgan fingerprint density at radius 2 is 1.67 bits per heavy atom. The average molecular weight is 487 g/mol. The number of hydrogen-bond donors (Lipinski definition) is 1. The summed E-state index contributed by atoms with van der Waals surface area (Å²) in [5, 5.41) is 11.1. The lowest BCUT2D eigenvalue weighted by Gasteiger charge is -2.37. The summed E-state index contributed by atoms with van der Waals surface area (Å²) in [7, 11) is 0. The molecule has 36 heavy (non-hydrogen) atoms. The van der Waals surface area contributed by atoms with Crippen LogP contribution in [0.15, 0.2) is 71.1 Å². The Bertz CT molecular complexity index is 1380. The highest BCUT2D eigenvalue weighted by molar-refractivity contribution is 6.04. The van der Waals surface area contributed by atoms with Crippen LogP contribution in [-0.2, 0) is 4.74 Å². The van der Waals surface area contributed by atoms with E-state index in [0.29, 0.717) is 47.4 Å². The summed E-state index contributed by atoms with van der Waals surface area (Å²) in [6.07, 6.45) is 0.0495. The lowest BCUT2D eigenvalue weighted by molar-refractivity contribution is -0.00539. The van der Waals surface area contributed by atoms with E-state index in [1.54, 1.807) is 36.4 Å². The van der Waals surface area contributed by atoms with Crippen LogP contribution in [0.1, 0.15) is 29.8 Å². The number of anilines is 2. The predicted octanol–water partition coefficient (Wildman–Crippen LogP) is 5.72. The molecular formula is C28H27FN4O3. The van der Waals surface area contributed by atoms with Gasteiger partial charge in [0.2, 0.25) is 11.8 Å². The number of nitrogens with one attached hydrogen (secondary N) is 1. The van der Waals surface area contributed by atoms with Crippen molar-refractivity contribution < 1.29 is 18.3 Å². The molecule has 0 saturated carbocycles. The molecule has 2 unspecified atom stereocenters. The summed E-state index contributed by atoms with van der Waals surface area (Å²) in [6.45, 7) is 7.16. The smallest absolute Gasteiger partial charge is 0.255 e. The number of halogens is 1. The Hall–Kier alpha value is -4.04. The van der Waals surface area contributed by atoms with E-state index in [4.69, 9.17) is 9.15 Å². The first-order chi connectivity index (χ1) is 17.4. The quantitative estimate of drug-likeness (QED) is 0.389. The maximum Gasteiger partial charge on any atom is 0.255 e. The van der Waals surface area contributed by atoms with Gasteiger partial charge in [0, 0.05) is 35.5 Å². The number of morpholine rings is 1. The standard InChI is InChI=1S/C28H27FN4O3/c1-17-6-4-5-7-23(17)28-32-31-27(36-28)21-10-8-20(9-11-21)26(34)30-22-12-13-25(24(29)14-22)33-15-18(2)35-19(3)16-33/h4-14,18-19H,15-16H2,1-3H3,(H,30,34). The van der Waals surface area contributed by atoms with E-state index < -0.39 is 0 Å². The number of nitrogens with zero attached hydrogens (tertiary/aromatic N) is 3. The van der Waals surface area contributed by atoms with Crippen LogP contribution in [-0.4, -0.2) is 41.4 Å². The Morgan fingerprint density at radius 1 is 0.972 bits per heavy atom. The van der Waals surface area contributed by atoms with Crippen molar-refractivity contribution in [3.63, 3.8) is 0 Å². The second-order valence-corrected chi connectivity index (χ2v) is 9.09. The van der Waals surface area contributed by atoms with Crippen LogP contribution in [0.5, 0.6) is 0 Å². The Labute approximate surface area is 208 Å². The molecule has 0 radical (unpaired) electrons. The van der Waals surface area contributed by atoms with Gasteiger partial charge in [-0.15, -0.1) is 10.2 Å². The zero-order chi connectivity index (χ0) is 25.2. The zero-order valence-electron chi connectivity index (χ0n) is 20.4. The fraction of sp³-hybridized carbons (Fsp3) is 0.250. The highest BCUT2D eigenvalue weighted by Crippen LogP contribution is 2.28. The topological polar surface area (TPSA) is 80.5 Å². The molecule has 1 aliphatic rings. The van der Waals surface area contributed by atoms with Crippen LogP contribution in [0.3, 0.4) is 0 Å². The fourth-order valence-electron chi connectivity index (χ4n) is 4.44. The molecule has 8 heteroatoms. The predicted molar refractivity (Wildman–Crippen MR) is 136 cm³/mol. The van der Waals surface area contributed by atoms with Gasteiger partial charge in [0.15, 0.2) is 0 Å². The summed E-state index contributed by atoms with van der Waals surface area (Å²) in [5.74, 6) is 0.0831. The SMILES string of the molecule is Cc1ccccc1-c1nnc(-c2ccc(C(=O)Nc3ccc(N4CC(C)OC(C)C4)c(F)c3)cc2)o1. The highest BCUT2D eigenvalue weighted by Gasteiger charge is 2.24. The maximum atomic E-state index is 14.9. The number of hydrogen-bond acceptors (Lipinski definition) is 6. The van der Waals surface area contributed by atoms with Gasteiger partial charge in [0.05, 0.1) is 17.9 Å². The van der Waals surface area contributed by atoms with Crippen LogP contribution in [0.2, 0.25) is 0 Å². The third-order valence-corrected chi connectivity index (χ3v) is 6.16. The third kappa shape index (κ3) is 4.99. The van der Waals surface area contributed by atoms with Crippen molar-refractivity contribution in [1.29, 1.82) is 0 Å². The Kier molecular flexibility index (Phi) is 6.52. The first kappa shape index (κ1) is 23.7. The minimum absolute atomic E-state index is 0.0247. The number of carbonyl (C=O) groups is 1. The molecule has 5 rings (SSSR count). The van der Waals surface area contributed by atoms with Gasteiger partial charge in [-0.2, -0.15) is 0 Å². The summed E-state index contributed by atoms with van der Waals surface area (Å²) in [5.41, 5.74) is 3.94. The minimum Gasteiger partial charge on any atom is -0.416 e. The molecular weight excluding hydrogens is 459 g/mol. The monoisotopic (exact) mass is 486 g/mol. The number of ether oxygens (including phenoxy) is 1. The number of aromatic nitrogens is 2. The van der Waals surface area contributed by atoms with Crippen molar-refractivity contribution >= 4 is 17.3 Å². The van der Waals surface area contributed by atoms with Gasteiger partial charge in [-0.25, -0.2) is 4.39 Å². The van der Waals surface area contributed by atoms with E-state index in [1.165, 1.54) is 6.07 Å². The summed E-state index contributed by atoms with van der Waals surface area (Å²) in [6, 6.07) is 19.4. The van der Waals surface area contributed by atoms with E-state index >= 15 is 0 Å². The molecule has 0 bridgehead atoms. The number of benzene rings is 3. The third-order valence-electron chi connectivity index (χ3n) is 6.16. The van der Waals surface area contributed by atoms with Crippen molar-refractivity contribution in [1.82, 2.24) is 10.2 Å². The molecule has 1 amide bonds. The van der Waals surface area contributed by atoms with E-state index in [1.807, 2.05) is 49.9 Å². The Morgan fingerprint density at radius 3 is 2.36 bits per heavy atom. The van der Waals surface area contributed by atoms with Crippen molar-refractivity contribution in [2.24, 2.45) is 0 Å². The first-order valence-corrected chi connectivity index (χ1v) is 11.9. The van der Waals surface area contributed by atoms with E-state index in [-0.39, 0.29) is 23.9 Å². The molecule has 0 aliphatic carbocycles. The van der Waals surface area contributed by atoms with Gasteiger partial charge in [0.1, 0.15) is 5.82 Å². The van der Waals surface area contributed by atoms with E-state index in [2.05, 4.69) is 15.5 Å². The van der Waals surface area contributed by atoms with Gasteiger partial charge in [-0.1, -0.05) is 18.2 Å². The molecule has 1 saturated heterocycles. The number of aryl methyl sites for hydroxylation is 1. The molecule has 2 atom stereocenters. The second-order valence-electron chi connectivity index (χ2n) is 9.09. The van der Waals surface area contributed by atoms with Crippen LogP contribution in [0, 0.1) is 12.7 Å². The highest BCUT2D eigenvalue weighted by atomic mass is 19.1. The van der Waals surface area contributed by atoms with Crippen LogP contribution < -0.4 is 10.2 Å². The summed E-state index contributed by atoms with van der Waals surface area (Å²) in [4.78, 5) is 14.7. The molecule has 2 heterocycles. The largest absolute Gasteiger partial charge is 0.416 e. The fourth-order valence-corrected chi connectivity index (χ4v) is 4.44. The van der Waals surface area contributed by atoms with E-state index in [0.717, 1.165) is 11.1 Å². The lowest BCUT2D eigenvalue weighted by atomic mass is 10.1. The number of rotatable bonds is 5. The van der Waals surface area contributed by atoms with Crippen molar-refractivity contribution in [3.05, 3.63) is 83.7 Å². The van der Waals surface area contributed by atoms with E-state index in [9.17, 15) is 9.18 Å². The molecule has 1 fully saturated rings. The molecule has 1 aliphatic heterocycles. The van der Waals surface area contributed by atoms with Crippen LogP contribution in [0.25, 0.3) is 22.9 Å². The zero-order valence-corrected chi connectivity index (χ0v) is 20.4. The molecule has 4 aromatic rings. The number of carbonyl (C=O) groups excluding carboxylic acids is 1. The van der Waals surface area contributed by atoms with Gasteiger partial charge in [0.25, 0.3) is 5.91 Å². The van der Waals surface area contributed by atoms with Crippen LogP contribution in [0.4, 0.5) is 15.8 Å². The normalized spacial score (nSPS) is 17.7. The molecule has 184 valence electrons. The number of amides is 1. The molecule has 1 N–H and O–H groups in total. The average Bonchev–Trinajstić information content (AvgIpc) is 3.34. The minimum atomic E-state index is -0.384.